The van der Waals surface area contributed by atoms with E-state index in [4.69, 9.17) is 5.11 Å². The number of nitrogens with zero attached hydrogens (tertiary/aromatic N) is 1. The maximum atomic E-state index is 11.8. The minimum absolute atomic E-state index is 0.143. The number of carbonyl (C=O) groups excluding carboxylic acids is 1. The highest BCUT2D eigenvalue weighted by atomic mass is 32.2. The summed E-state index contributed by atoms with van der Waals surface area (Å²) in [7, 11) is 0. The van der Waals surface area contributed by atoms with Gasteiger partial charge in [0.1, 0.15) is 0 Å². The second-order valence-corrected chi connectivity index (χ2v) is 4.95. The second kappa shape index (κ2) is 6.72. The molecule has 1 aromatic carbocycles. The van der Waals surface area contributed by atoms with Gasteiger partial charge in [-0.25, -0.2) is 4.79 Å². The van der Waals surface area contributed by atoms with Crippen molar-refractivity contribution in [3.63, 3.8) is 0 Å². The van der Waals surface area contributed by atoms with E-state index in [2.05, 4.69) is 10.3 Å². The van der Waals surface area contributed by atoms with E-state index in [-0.39, 0.29) is 17.2 Å². The first kappa shape index (κ1) is 14.1. The SMILES string of the molecule is O=C(CSc1ccncc1)Nc1cccc(C(=O)O)c1. The Balaban J connectivity index is 1.91. The van der Waals surface area contributed by atoms with Gasteiger partial charge in [0.15, 0.2) is 0 Å². The molecule has 6 heteroatoms. The Labute approximate surface area is 120 Å². The van der Waals surface area contributed by atoms with E-state index in [1.165, 1.54) is 23.9 Å². The molecule has 102 valence electrons. The monoisotopic (exact) mass is 288 g/mol. The third-order valence-electron chi connectivity index (χ3n) is 2.41. The highest BCUT2D eigenvalue weighted by molar-refractivity contribution is 8.00. The van der Waals surface area contributed by atoms with E-state index < -0.39 is 5.97 Å². The van der Waals surface area contributed by atoms with E-state index >= 15 is 0 Å². The Hall–Kier alpha value is -2.34. The molecule has 0 atom stereocenters. The van der Waals surface area contributed by atoms with Gasteiger partial charge in [-0.15, -0.1) is 11.8 Å². The molecule has 20 heavy (non-hydrogen) atoms. The highest BCUT2D eigenvalue weighted by Gasteiger charge is 2.06. The predicted molar refractivity (Wildman–Crippen MR) is 77.0 cm³/mol. The van der Waals surface area contributed by atoms with Gasteiger partial charge in [-0.05, 0) is 30.3 Å². The number of benzene rings is 1. The van der Waals surface area contributed by atoms with Gasteiger partial charge in [0, 0.05) is 23.0 Å². The van der Waals surface area contributed by atoms with Crippen molar-refractivity contribution < 1.29 is 14.7 Å². The largest absolute Gasteiger partial charge is 0.478 e. The summed E-state index contributed by atoms with van der Waals surface area (Å²) in [6, 6.07) is 9.80. The molecule has 0 saturated heterocycles. The first-order valence-corrected chi connectivity index (χ1v) is 6.80. The maximum absolute atomic E-state index is 11.8. The van der Waals surface area contributed by atoms with Crippen LogP contribution in [0.4, 0.5) is 5.69 Å². The molecular formula is C14H12N2O3S. The number of carboxylic acids is 1. The zero-order valence-electron chi connectivity index (χ0n) is 10.4. The molecule has 1 amide bonds. The number of thioether (sulfide) groups is 1. The summed E-state index contributed by atoms with van der Waals surface area (Å²) in [5, 5.41) is 11.5. The van der Waals surface area contributed by atoms with Gasteiger partial charge in [0.2, 0.25) is 5.91 Å². The molecule has 5 nitrogen and oxygen atoms in total. The Kier molecular flexibility index (Phi) is 4.73. The zero-order valence-corrected chi connectivity index (χ0v) is 11.3. The van der Waals surface area contributed by atoms with Gasteiger partial charge in [-0.2, -0.15) is 0 Å². The Bertz CT molecular complexity index is 617. The van der Waals surface area contributed by atoms with Crippen LogP contribution >= 0.6 is 11.8 Å². The number of hydrogen-bond acceptors (Lipinski definition) is 4. The van der Waals surface area contributed by atoms with Crippen LogP contribution in [0.15, 0.2) is 53.7 Å². The zero-order chi connectivity index (χ0) is 14.4. The summed E-state index contributed by atoms with van der Waals surface area (Å²) in [5.41, 5.74) is 0.620. The molecule has 0 unspecified atom stereocenters. The fourth-order valence-corrected chi connectivity index (χ4v) is 2.19. The van der Waals surface area contributed by atoms with Gasteiger partial charge in [0.25, 0.3) is 0 Å². The van der Waals surface area contributed by atoms with Gasteiger partial charge in [0.05, 0.1) is 11.3 Å². The smallest absolute Gasteiger partial charge is 0.335 e. The number of rotatable bonds is 5. The van der Waals surface area contributed by atoms with E-state index in [1.807, 2.05) is 12.1 Å². The molecule has 0 aliphatic rings. The van der Waals surface area contributed by atoms with Crippen LogP contribution in [0.3, 0.4) is 0 Å². The number of hydrogen-bond donors (Lipinski definition) is 2. The average molecular weight is 288 g/mol. The van der Waals surface area contributed by atoms with Gasteiger partial charge in [-0.1, -0.05) is 6.07 Å². The van der Waals surface area contributed by atoms with Crippen molar-refractivity contribution in [2.75, 3.05) is 11.1 Å². The fraction of sp³-hybridized carbons (Fsp3) is 0.0714. The lowest BCUT2D eigenvalue weighted by Gasteiger charge is -2.06. The number of aromatic carboxylic acids is 1. The summed E-state index contributed by atoms with van der Waals surface area (Å²) in [6.07, 6.45) is 3.33. The Morgan fingerprint density at radius 1 is 1.20 bits per heavy atom. The molecule has 1 aromatic heterocycles. The molecule has 2 aromatic rings. The quantitative estimate of drug-likeness (QED) is 0.826. The first-order valence-electron chi connectivity index (χ1n) is 5.81. The molecule has 0 fully saturated rings. The molecule has 0 bridgehead atoms. The highest BCUT2D eigenvalue weighted by Crippen LogP contribution is 2.17. The third-order valence-corrected chi connectivity index (χ3v) is 3.42. The van der Waals surface area contributed by atoms with Crippen molar-refractivity contribution in [1.29, 1.82) is 0 Å². The van der Waals surface area contributed by atoms with Crippen molar-refractivity contribution >= 4 is 29.3 Å². The van der Waals surface area contributed by atoms with Crippen LogP contribution in [0.25, 0.3) is 0 Å². The summed E-state index contributed by atoms with van der Waals surface area (Å²) in [6.45, 7) is 0. The number of anilines is 1. The number of aromatic nitrogens is 1. The lowest BCUT2D eigenvalue weighted by atomic mass is 10.2. The normalized spacial score (nSPS) is 10.0. The standard InChI is InChI=1S/C14H12N2O3S/c17-13(9-20-12-4-6-15-7-5-12)16-11-3-1-2-10(8-11)14(18)19/h1-8H,9H2,(H,16,17)(H,18,19). The molecular weight excluding hydrogens is 276 g/mol. The van der Waals surface area contributed by atoms with Crippen molar-refractivity contribution in [3.05, 3.63) is 54.4 Å². The van der Waals surface area contributed by atoms with E-state index in [0.29, 0.717) is 5.69 Å². The van der Waals surface area contributed by atoms with Crippen LogP contribution in [0.1, 0.15) is 10.4 Å². The molecule has 0 spiro atoms. The Morgan fingerprint density at radius 2 is 1.95 bits per heavy atom. The van der Waals surface area contributed by atoms with Crippen LogP contribution in [0, 0.1) is 0 Å². The van der Waals surface area contributed by atoms with Crippen LogP contribution in [0.5, 0.6) is 0 Å². The van der Waals surface area contributed by atoms with Crippen LogP contribution in [-0.2, 0) is 4.79 Å². The summed E-state index contributed by atoms with van der Waals surface area (Å²) in [5.74, 6) is -0.956. The lowest BCUT2D eigenvalue weighted by molar-refractivity contribution is -0.113. The maximum Gasteiger partial charge on any atom is 0.335 e. The predicted octanol–water partition coefficient (Wildman–Crippen LogP) is 2.51. The van der Waals surface area contributed by atoms with E-state index in [1.54, 1.807) is 24.5 Å². The third kappa shape index (κ3) is 4.10. The summed E-state index contributed by atoms with van der Waals surface area (Å²) >= 11 is 1.39. The van der Waals surface area contributed by atoms with Crippen LogP contribution < -0.4 is 5.32 Å². The Morgan fingerprint density at radius 3 is 2.65 bits per heavy atom. The van der Waals surface area contributed by atoms with Gasteiger partial charge in [-0.3, -0.25) is 9.78 Å². The van der Waals surface area contributed by atoms with E-state index in [9.17, 15) is 9.59 Å². The second-order valence-electron chi connectivity index (χ2n) is 3.91. The molecule has 0 saturated carbocycles. The number of amides is 1. The number of pyridine rings is 1. The first-order chi connectivity index (χ1) is 9.65. The fourth-order valence-electron chi connectivity index (χ4n) is 1.51. The molecule has 0 aliphatic heterocycles. The van der Waals surface area contributed by atoms with Crippen molar-refractivity contribution in [1.82, 2.24) is 4.98 Å². The number of nitrogens with one attached hydrogen (secondary N) is 1. The number of carbonyl (C=O) groups is 2. The molecule has 2 rings (SSSR count). The van der Waals surface area contributed by atoms with Crippen molar-refractivity contribution in [2.24, 2.45) is 0 Å². The van der Waals surface area contributed by atoms with Gasteiger partial charge >= 0.3 is 5.97 Å². The summed E-state index contributed by atoms with van der Waals surface area (Å²) < 4.78 is 0. The summed E-state index contributed by atoms with van der Waals surface area (Å²) in [4.78, 5) is 27.4. The minimum atomic E-state index is -1.02. The van der Waals surface area contributed by atoms with Crippen molar-refractivity contribution in [2.45, 2.75) is 4.90 Å². The molecule has 1 heterocycles. The lowest BCUT2D eigenvalue weighted by Crippen LogP contribution is -2.14. The van der Waals surface area contributed by atoms with Crippen molar-refractivity contribution in [3.8, 4) is 0 Å². The van der Waals surface area contributed by atoms with Crippen LogP contribution in [-0.4, -0.2) is 27.7 Å². The topological polar surface area (TPSA) is 79.3 Å². The minimum Gasteiger partial charge on any atom is -0.478 e. The average Bonchev–Trinajstić information content (AvgIpc) is 2.46. The van der Waals surface area contributed by atoms with Gasteiger partial charge < -0.3 is 10.4 Å². The van der Waals surface area contributed by atoms with E-state index in [0.717, 1.165) is 4.90 Å². The molecule has 0 radical (unpaired) electrons. The molecule has 2 N–H and O–H groups in total. The van der Waals surface area contributed by atoms with Crippen LogP contribution in [0.2, 0.25) is 0 Å². The molecule has 0 aliphatic carbocycles. The number of carboxylic acid groups (broad SMARTS) is 1.